The summed E-state index contributed by atoms with van der Waals surface area (Å²) in [7, 11) is 0. The minimum Gasteiger partial charge on any atom is -0.494 e. The zero-order valence-corrected chi connectivity index (χ0v) is 14.7. The van der Waals surface area contributed by atoms with Crippen LogP contribution in [0.3, 0.4) is 0 Å². The second-order valence-corrected chi connectivity index (χ2v) is 5.64. The first-order valence-electron chi connectivity index (χ1n) is 8.04. The van der Waals surface area contributed by atoms with Crippen LogP contribution in [-0.2, 0) is 9.53 Å². The number of amides is 1. The quantitative estimate of drug-likeness (QED) is 0.562. The standard InChI is InChI=1S/C19H20ClNO4/c1-2-24-19(23)16-13-14(10-11-17(16)20)21-18(22)9-6-12-25-15-7-4-3-5-8-15/h3-5,7-8,10-11,13H,2,6,9,12H2,1H3,(H,21,22). The Bertz CT molecular complexity index is 719. The van der Waals surface area contributed by atoms with Gasteiger partial charge in [0.1, 0.15) is 5.75 Å². The molecule has 0 radical (unpaired) electrons. The lowest BCUT2D eigenvalue weighted by molar-refractivity contribution is -0.116. The molecule has 0 aliphatic carbocycles. The Labute approximate surface area is 151 Å². The van der Waals surface area contributed by atoms with Crippen molar-refractivity contribution in [3.8, 4) is 5.75 Å². The van der Waals surface area contributed by atoms with E-state index in [4.69, 9.17) is 21.1 Å². The van der Waals surface area contributed by atoms with E-state index in [0.717, 1.165) is 5.75 Å². The van der Waals surface area contributed by atoms with Gasteiger partial charge in [0.05, 0.1) is 23.8 Å². The van der Waals surface area contributed by atoms with Crippen LogP contribution >= 0.6 is 11.6 Å². The third-order valence-corrected chi connectivity index (χ3v) is 3.64. The largest absolute Gasteiger partial charge is 0.494 e. The zero-order valence-electron chi connectivity index (χ0n) is 14.0. The molecule has 0 aliphatic heterocycles. The molecule has 0 saturated carbocycles. The molecule has 1 N–H and O–H groups in total. The van der Waals surface area contributed by atoms with Crippen LogP contribution in [0.25, 0.3) is 0 Å². The monoisotopic (exact) mass is 361 g/mol. The molecule has 0 aromatic heterocycles. The van der Waals surface area contributed by atoms with Crippen molar-refractivity contribution in [1.82, 2.24) is 0 Å². The average Bonchev–Trinajstić information content (AvgIpc) is 2.61. The molecule has 0 heterocycles. The van der Waals surface area contributed by atoms with E-state index in [2.05, 4.69) is 5.32 Å². The number of para-hydroxylation sites is 1. The van der Waals surface area contributed by atoms with Crippen LogP contribution in [0.15, 0.2) is 48.5 Å². The molecule has 0 spiro atoms. The van der Waals surface area contributed by atoms with Gasteiger partial charge in [0.25, 0.3) is 0 Å². The first-order valence-corrected chi connectivity index (χ1v) is 8.42. The lowest BCUT2D eigenvalue weighted by Gasteiger charge is -2.09. The maximum atomic E-state index is 12.0. The summed E-state index contributed by atoms with van der Waals surface area (Å²) in [6.45, 7) is 2.42. The van der Waals surface area contributed by atoms with Gasteiger partial charge in [0.15, 0.2) is 0 Å². The van der Waals surface area contributed by atoms with Crippen molar-refractivity contribution in [3.05, 3.63) is 59.1 Å². The van der Waals surface area contributed by atoms with Crippen molar-refractivity contribution >= 4 is 29.2 Å². The Morgan fingerprint density at radius 1 is 1.12 bits per heavy atom. The molecule has 2 rings (SSSR count). The fourth-order valence-electron chi connectivity index (χ4n) is 2.13. The van der Waals surface area contributed by atoms with Crippen molar-refractivity contribution in [2.45, 2.75) is 19.8 Å². The molecule has 132 valence electrons. The van der Waals surface area contributed by atoms with E-state index < -0.39 is 5.97 Å². The summed E-state index contributed by atoms with van der Waals surface area (Å²) in [5.41, 5.74) is 0.732. The van der Waals surface area contributed by atoms with Crippen LogP contribution in [0.1, 0.15) is 30.1 Å². The van der Waals surface area contributed by atoms with Crippen LogP contribution in [0.2, 0.25) is 5.02 Å². The highest BCUT2D eigenvalue weighted by Crippen LogP contribution is 2.21. The SMILES string of the molecule is CCOC(=O)c1cc(NC(=O)CCCOc2ccccc2)ccc1Cl. The topological polar surface area (TPSA) is 64.6 Å². The number of benzene rings is 2. The van der Waals surface area contributed by atoms with Crippen molar-refractivity contribution in [3.63, 3.8) is 0 Å². The minimum atomic E-state index is -0.514. The first-order chi connectivity index (χ1) is 12.1. The lowest BCUT2D eigenvalue weighted by Crippen LogP contribution is -2.14. The molecular weight excluding hydrogens is 342 g/mol. The fraction of sp³-hybridized carbons (Fsp3) is 0.263. The minimum absolute atomic E-state index is 0.159. The molecular formula is C19H20ClNO4. The van der Waals surface area contributed by atoms with Gasteiger partial charge in [-0.15, -0.1) is 0 Å². The van der Waals surface area contributed by atoms with E-state index in [1.165, 1.54) is 6.07 Å². The van der Waals surface area contributed by atoms with E-state index in [9.17, 15) is 9.59 Å². The predicted octanol–water partition coefficient (Wildman–Crippen LogP) is 4.31. The molecule has 2 aromatic carbocycles. The number of anilines is 1. The first kappa shape index (κ1) is 18.8. The Balaban J connectivity index is 1.82. The highest BCUT2D eigenvalue weighted by Gasteiger charge is 2.13. The van der Waals surface area contributed by atoms with Gasteiger partial charge in [-0.05, 0) is 43.7 Å². The van der Waals surface area contributed by atoms with Crippen LogP contribution in [-0.4, -0.2) is 25.1 Å². The van der Waals surface area contributed by atoms with Crippen LogP contribution in [0.4, 0.5) is 5.69 Å². The number of halogens is 1. The summed E-state index contributed by atoms with van der Waals surface area (Å²) in [6, 6.07) is 14.1. The molecule has 6 heteroatoms. The van der Waals surface area contributed by atoms with Crippen LogP contribution in [0, 0.1) is 0 Å². The van der Waals surface area contributed by atoms with Gasteiger partial charge in [0.2, 0.25) is 5.91 Å². The van der Waals surface area contributed by atoms with E-state index in [0.29, 0.717) is 25.1 Å². The van der Waals surface area contributed by atoms with Crippen molar-refractivity contribution in [2.75, 3.05) is 18.5 Å². The Hall–Kier alpha value is -2.53. The van der Waals surface area contributed by atoms with E-state index in [1.807, 2.05) is 30.3 Å². The maximum absolute atomic E-state index is 12.0. The maximum Gasteiger partial charge on any atom is 0.339 e. The lowest BCUT2D eigenvalue weighted by atomic mass is 10.2. The molecule has 0 saturated heterocycles. The summed E-state index contributed by atoms with van der Waals surface area (Å²) in [6.07, 6.45) is 0.892. The van der Waals surface area contributed by atoms with E-state index in [-0.39, 0.29) is 23.1 Å². The molecule has 0 bridgehead atoms. The van der Waals surface area contributed by atoms with Gasteiger partial charge in [-0.25, -0.2) is 4.79 Å². The van der Waals surface area contributed by atoms with E-state index >= 15 is 0 Å². The van der Waals surface area contributed by atoms with Crippen molar-refractivity contribution < 1.29 is 19.1 Å². The molecule has 1 amide bonds. The number of hydrogen-bond acceptors (Lipinski definition) is 4. The van der Waals surface area contributed by atoms with Gasteiger partial charge in [-0.3, -0.25) is 4.79 Å². The number of carbonyl (C=O) groups is 2. The third-order valence-electron chi connectivity index (χ3n) is 3.31. The van der Waals surface area contributed by atoms with Crippen molar-refractivity contribution in [1.29, 1.82) is 0 Å². The molecule has 2 aromatic rings. The van der Waals surface area contributed by atoms with Gasteiger partial charge < -0.3 is 14.8 Å². The number of rotatable bonds is 8. The number of hydrogen-bond donors (Lipinski definition) is 1. The summed E-state index contributed by atoms with van der Waals surface area (Å²) in [5.74, 6) is 0.105. The zero-order chi connectivity index (χ0) is 18.1. The summed E-state index contributed by atoms with van der Waals surface area (Å²) in [5, 5.41) is 3.03. The second kappa shape index (κ2) is 9.69. The highest BCUT2D eigenvalue weighted by atomic mass is 35.5. The number of esters is 1. The summed E-state index contributed by atoms with van der Waals surface area (Å²) in [4.78, 5) is 23.8. The Morgan fingerprint density at radius 3 is 2.60 bits per heavy atom. The molecule has 0 atom stereocenters. The fourth-order valence-corrected chi connectivity index (χ4v) is 2.33. The summed E-state index contributed by atoms with van der Waals surface area (Å²) < 4.78 is 10.5. The summed E-state index contributed by atoms with van der Waals surface area (Å²) >= 11 is 5.99. The molecule has 0 aliphatic rings. The molecule has 5 nitrogen and oxygen atoms in total. The number of nitrogens with one attached hydrogen (secondary N) is 1. The van der Waals surface area contributed by atoms with Gasteiger partial charge in [-0.2, -0.15) is 0 Å². The molecule has 0 unspecified atom stereocenters. The van der Waals surface area contributed by atoms with Gasteiger partial charge >= 0.3 is 5.97 Å². The van der Waals surface area contributed by atoms with Gasteiger partial charge in [0, 0.05) is 12.1 Å². The Morgan fingerprint density at radius 2 is 1.88 bits per heavy atom. The number of carbonyl (C=O) groups excluding carboxylic acids is 2. The average molecular weight is 362 g/mol. The van der Waals surface area contributed by atoms with Crippen molar-refractivity contribution in [2.24, 2.45) is 0 Å². The highest BCUT2D eigenvalue weighted by molar-refractivity contribution is 6.33. The van der Waals surface area contributed by atoms with Gasteiger partial charge in [-0.1, -0.05) is 29.8 Å². The van der Waals surface area contributed by atoms with E-state index in [1.54, 1.807) is 19.1 Å². The van der Waals surface area contributed by atoms with Crippen LogP contribution < -0.4 is 10.1 Å². The number of ether oxygens (including phenoxy) is 2. The van der Waals surface area contributed by atoms with Crippen LogP contribution in [0.5, 0.6) is 5.75 Å². The predicted molar refractivity (Wildman–Crippen MR) is 97.2 cm³/mol. The normalized spacial score (nSPS) is 10.2. The second-order valence-electron chi connectivity index (χ2n) is 5.23. The molecule has 25 heavy (non-hydrogen) atoms. The molecule has 0 fully saturated rings. The Kier molecular flexibility index (Phi) is 7.29. The third kappa shape index (κ3) is 6.12. The smallest absolute Gasteiger partial charge is 0.339 e.